The van der Waals surface area contributed by atoms with E-state index in [0.717, 1.165) is 51.4 Å². The van der Waals surface area contributed by atoms with Gasteiger partial charge in [-0.2, -0.15) is 0 Å². The van der Waals surface area contributed by atoms with Crippen LogP contribution in [0, 0.1) is 0 Å². The molecule has 0 rings (SSSR count). The van der Waals surface area contributed by atoms with Crippen LogP contribution in [0.3, 0.4) is 0 Å². The molecule has 3 unspecified atom stereocenters. The zero-order valence-electron chi connectivity index (χ0n) is 43.5. The lowest BCUT2D eigenvalue weighted by molar-refractivity contribution is -0.870. The molecule has 65 heavy (non-hydrogen) atoms. The predicted molar refractivity (Wildman–Crippen MR) is 281 cm³/mol. The number of carbonyl (C=O) groups excluding carboxylic acids is 1. The van der Waals surface area contributed by atoms with Crippen LogP contribution in [0.25, 0.3) is 0 Å². The van der Waals surface area contributed by atoms with E-state index in [4.69, 9.17) is 9.05 Å². The molecule has 0 aliphatic heterocycles. The molecule has 0 fully saturated rings. The van der Waals surface area contributed by atoms with Crippen LogP contribution in [-0.4, -0.2) is 73.4 Å². The molecule has 0 aromatic rings. The molecule has 3 N–H and O–H groups in total. The molecule has 0 aliphatic rings. The summed E-state index contributed by atoms with van der Waals surface area (Å²) in [6, 6.07) is -0.850. The van der Waals surface area contributed by atoms with E-state index in [0.29, 0.717) is 17.4 Å². The number of amides is 1. The summed E-state index contributed by atoms with van der Waals surface area (Å²) in [5.41, 5.74) is 0. The minimum absolute atomic E-state index is 0.0600. The molecule has 0 spiro atoms. The van der Waals surface area contributed by atoms with Crippen molar-refractivity contribution in [3.8, 4) is 0 Å². The Hall–Kier alpha value is -1.54. The van der Waals surface area contributed by atoms with Crippen LogP contribution in [0.15, 0.2) is 48.6 Å². The quantitative estimate of drug-likeness (QED) is 0.0243. The zero-order valence-corrected chi connectivity index (χ0v) is 44.4. The van der Waals surface area contributed by atoms with E-state index in [1.165, 1.54) is 180 Å². The molecule has 0 bridgehead atoms. The number of phosphoric acid groups is 1. The third kappa shape index (κ3) is 50.2. The minimum Gasteiger partial charge on any atom is -0.387 e. The van der Waals surface area contributed by atoms with Gasteiger partial charge in [-0.1, -0.05) is 236 Å². The van der Waals surface area contributed by atoms with Gasteiger partial charge < -0.3 is 19.8 Å². The fourth-order valence-corrected chi connectivity index (χ4v) is 8.67. The molecule has 0 aromatic carbocycles. The highest BCUT2D eigenvalue weighted by Crippen LogP contribution is 2.43. The van der Waals surface area contributed by atoms with Gasteiger partial charge >= 0.3 is 7.82 Å². The highest BCUT2D eigenvalue weighted by atomic mass is 31.2. The van der Waals surface area contributed by atoms with E-state index in [2.05, 4.69) is 55.6 Å². The van der Waals surface area contributed by atoms with Gasteiger partial charge in [-0.3, -0.25) is 13.8 Å². The number of nitrogens with zero attached hydrogens (tertiary/aromatic N) is 1. The molecule has 0 saturated carbocycles. The molecule has 0 heterocycles. The van der Waals surface area contributed by atoms with E-state index in [1.54, 1.807) is 6.08 Å². The van der Waals surface area contributed by atoms with Gasteiger partial charge in [0, 0.05) is 6.42 Å². The molecular formula is C56H108N2O6P+. The highest BCUT2D eigenvalue weighted by Gasteiger charge is 2.27. The van der Waals surface area contributed by atoms with Gasteiger partial charge in [-0.05, 0) is 57.8 Å². The van der Waals surface area contributed by atoms with E-state index >= 15 is 0 Å². The first-order valence-corrected chi connectivity index (χ1v) is 29.0. The lowest BCUT2D eigenvalue weighted by atomic mass is 10.0. The number of quaternary nitrogens is 1. The molecule has 8 nitrogen and oxygen atoms in total. The van der Waals surface area contributed by atoms with Crippen molar-refractivity contribution in [3.05, 3.63) is 48.6 Å². The van der Waals surface area contributed by atoms with Gasteiger partial charge in [0.25, 0.3) is 0 Å². The number of aliphatic hydroxyl groups excluding tert-OH is 1. The van der Waals surface area contributed by atoms with Gasteiger partial charge in [-0.25, -0.2) is 4.57 Å². The van der Waals surface area contributed by atoms with Crippen molar-refractivity contribution in [3.63, 3.8) is 0 Å². The average molecular weight is 936 g/mol. The SMILES string of the molecule is CCCCCCC/C=C\C/C=C\C/C=C\CCCCCCCCCCCCC(=O)NC(COP(=O)(O)OCC[N+](C)(C)C)C(O)/C=C/CCCCCCCCCCCCCCCCCC. The van der Waals surface area contributed by atoms with E-state index < -0.39 is 20.0 Å². The fourth-order valence-electron chi connectivity index (χ4n) is 7.93. The highest BCUT2D eigenvalue weighted by molar-refractivity contribution is 7.47. The maximum Gasteiger partial charge on any atom is 0.472 e. The number of rotatable bonds is 50. The van der Waals surface area contributed by atoms with Crippen LogP contribution in [0.5, 0.6) is 0 Å². The smallest absolute Gasteiger partial charge is 0.387 e. The van der Waals surface area contributed by atoms with Gasteiger partial charge in [0.2, 0.25) is 5.91 Å². The van der Waals surface area contributed by atoms with Crippen molar-refractivity contribution in [2.75, 3.05) is 40.9 Å². The monoisotopic (exact) mass is 936 g/mol. The van der Waals surface area contributed by atoms with E-state index in [-0.39, 0.29) is 19.1 Å². The molecule has 0 radical (unpaired) electrons. The molecule has 3 atom stereocenters. The number of carbonyl (C=O) groups is 1. The first-order valence-electron chi connectivity index (χ1n) is 27.5. The molecular weight excluding hydrogens is 828 g/mol. The summed E-state index contributed by atoms with van der Waals surface area (Å²) < 4.78 is 23.7. The predicted octanol–water partition coefficient (Wildman–Crippen LogP) is 16.4. The Balaban J connectivity index is 4.25. The molecule has 9 heteroatoms. The normalized spacial score (nSPS) is 14.4. The molecule has 1 amide bonds. The Morgan fingerprint density at radius 2 is 0.877 bits per heavy atom. The Labute approximate surface area is 403 Å². The van der Waals surface area contributed by atoms with Crippen LogP contribution >= 0.6 is 7.82 Å². The van der Waals surface area contributed by atoms with Crippen LogP contribution in [0.4, 0.5) is 0 Å². The van der Waals surface area contributed by atoms with Crippen LogP contribution in [0.1, 0.15) is 251 Å². The summed E-state index contributed by atoms with van der Waals surface area (Å²) in [6.07, 6.45) is 61.9. The molecule has 0 saturated heterocycles. The second-order valence-corrected chi connectivity index (χ2v) is 21.4. The fraction of sp³-hybridized carbons (Fsp3) is 0.839. The number of nitrogens with one attached hydrogen (secondary N) is 1. The number of likely N-dealkylation sites (N-methyl/N-ethyl adjacent to an activating group) is 1. The number of hydrogen-bond donors (Lipinski definition) is 3. The van der Waals surface area contributed by atoms with Crippen molar-refractivity contribution in [1.29, 1.82) is 0 Å². The Bertz CT molecular complexity index is 1200. The van der Waals surface area contributed by atoms with Gasteiger partial charge in [0.1, 0.15) is 13.2 Å². The number of allylic oxidation sites excluding steroid dienone is 7. The summed E-state index contributed by atoms with van der Waals surface area (Å²) in [6.45, 7) is 4.82. The third-order valence-electron chi connectivity index (χ3n) is 12.3. The summed E-state index contributed by atoms with van der Waals surface area (Å²) >= 11 is 0. The van der Waals surface area contributed by atoms with Gasteiger partial charge in [0.15, 0.2) is 0 Å². The number of hydrogen-bond acceptors (Lipinski definition) is 5. The zero-order chi connectivity index (χ0) is 47.8. The third-order valence-corrected chi connectivity index (χ3v) is 13.3. The lowest BCUT2D eigenvalue weighted by Gasteiger charge is -2.25. The van der Waals surface area contributed by atoms with Gasteiger partial charge in [-0.15, -0.1) is 0 Å². The average Bonchev–Trinajstić information content (AvgIpc) is 3.26. The number of aliphatic hydroxyl groups is 1. The Morgan fingerprint density at radius 1 is 0.523 bits per heavy atom. The van der Waals surface area contributed by atoms with E-state index in [1.807, 2.05) is 27.2 Å². The first-order chi connectivity index (χ1) is 31.5. The maximum atomic E-state index is 13.0. The standard InChI is InChI=1S/C56H107N2O6P/c1-6-8-10-12-14-16-18-20-22-24-26-27-28-29-30-31-32-34-36-38-40-42-44-46-48-50-56(60)57-54(53-64-65(61,62)63-52-51-58(3,4)5)55(59)49-47-45-43-41-39-37-35-33-25-23-21-19-17-15-13-11-9-7-2/h18,20,24,26,28-29,47,49,54-55,59H,6-17,19,21-23,25,27,30-46,48,50-53H2,1-5H3,(H-,57,60,61,62)/p+1/b20-18-,26-24-,29-28-,49-47+. The Morgan fingerprint density at radius 3 is 1.28 bits per heavy atom. The van der Waals surface area contributed by atoms with Crippen LogP contribution < -0.4 is 5.32 Å². The minimum atomic E-state index is -4.35. The van der Waals surface area contributed by atoms with Crippen LogP contribution in [-0.2, 0) is 18.4 Å². The first kappa shape index (κ1) is 63.5. The summed E-state index contributed by atoms with van der Waals surface area (Å²) in [5, 5.41) is 13.9. The van der Waals surface area contributed by atoms with Crippen molar-refractivity contribution in [1.82, 2.24) is 5.32 Å². The largest absolute Gasteiger partial charge is 0.472 e. The van der Waals surface area contributed by atoms with Crippen molar-refractivity contribution in [2.45, 2.75) is 264 Å². The van der Waals surface area contributed by atoms with Crippen LogP contribution in [0.2, 0.25) is 0 Å². The van der Waals surface area contributed by atoms with Crippen molar-refractivity contribution >= 4 is 13.7 Å². The molecule has 382 valence electrons. The topological polar surface area (TPSA) is 105 Å². The number of unbranched alkanes of at least 4 members (excludes halogenated alkanes) is 31. The van der Waals surface area contributed by atoms with Gasteiger partial charge in [0.05, 0.1) is 39.9 Å². The maximum absolute atomic E-state index is 13.0. The second kappa shape index (κ2) is 47.5. The summed E-state index contributed by atoms with van der Waals surface area (Å²) in [7, 11) is 1.57. The second-order valence-electron chi connectivity index (χ2n) is 20.0. The van der Waals surface area contributed by atoms with E-state index in [9.17, 15) is 19.4 Å². The Kier molecular flexibility index (Phi) is 46.4. The molecule has 0 aliphatic carbocycles. The number of phosphoric ester groups is 1. The lowest BCUT2D eigenvalue weighted by Crippen LogP contribution is -2.45. The summed E-state index contributed by atoms with van der Waals surface area (Å²) in [4.78, 5) is 23.3. The van der Waals surface area contributed by atoms with Crippen molar-refractivity contribution in [2.24, 2.45) is 0 Å². The molecule has 0 aromatic heterocycles. The van der Waals surface area contributed by atoms with Crippen molar-refractivity contribution < 1.29 is 32.9 Å². The summed E-state index contributed by atoms with van der Waals surface area (Å²) in [5.74, 6) is -0.180.